The van der Waals surface area contributed by atoms with Gasteiger partial charge in [0.1, 0.15) is 11.0 Å². The third-order valence-corrected chi connectivity index (χ3v) is 5.01. The van der Waals surface area contributed by atoms with Crippen molar-refractivity contribution in [3.05, 3.63) is 53.3 Å². The van der Waals surface area contributed by atoms with Gasteiger partial charge in [0.05, 0.1) is 5.69 Å². The summed E-state index contributed by atoms with van der Waals surface area (Å²) >= 11 is 0. The third-order valence-electron chi connectivity index (χ3n) is 3.21. The second-order valence-corrected chi connectivity index (χ2v) is 6.66. The summed E-state index contributed by atoms with van der Waals surface area (Å²) < 4.78 is 26.5. The Kier molecular flexibility index (Phi) is 3.96. The van der Waals surface area contributed by atoms with Crippen LogP contribution in [0.5, 0.6) is 0 Å². The van der Waals surface area contributed by atoms with Gasteiger partial charge in [-0.2, -0.15) is 5.26 Å². The molecule has 1 heterocycles. The molecule has 0 atom stereocenters. The number of rotatable bonds is 3. The highest BCUT2D eigenvalue weighted by molar-refractivity contribution is 7.92. The molecule has 6 heteroatoms. The predicted molar refractivity (Wildman–Crippen MR) is 80.5 cm³/mol. The quantitative estimate of drug-likeness (QED) is 0.872. The van der Waals surface area contributed by atoms with Crippen LogP contribution < -0.4 is 4.31 Å². The van der Waals surface area contributed by atoms with E-state index in [0.717, 1.165) is 11.1 Å². The molecule has 0 N–H and O–H groups in total. The molecule has 0 saturated carbocycles. The summed E-state index contributed by atoms with van der Waals surface area (Å²) in [6.45, 7) is 3.79. The molecule has 0 fully saturated rings. The molecule has 1 aromatic carbocycles. The maximum atomic E-state index is 12.7. The fourth-order valence-corrected chi connectivity index (χ4v) is 3.47. The predicted octanol–water partition coefficient (Wildman–Crippen LogP) is 2.40. The molecule has 2 rings (SSSR count). The zero-order valence-corrected chi connectivity index (χ0v) is 12.8. The Morgan fingerprint density at radius 3 is 2.57 bits per heavy atom. The van der Waals surface area contributed by atoms with Crippen LogP contribution in [0.25, 0.3) is 0 Å². The topological polar surface area (TPSA) is 74.1 Å². The smallest absolute Gasteiger partial charge is 0.266 e. The minimum atomic E-state index is -3.82. The number of anilines is 1. The number of nitriles is 1. The van der Waals surface area contributed by atoms with Crippen molar-refractivity contribution < 1.29 is 8.42 Å². The van der Waals surface area contributed by atoms with Crippen molar-refractivity contribution in [2.75, 3.05) is 11.4 Å². The molecule has 0 radical (unpaired) electrons. The molecule has 0 spiro atoms. The summed E-state index contributed by atoms with van der Waals surface area (Å²) in [7, 11) is -2.35. The number of aromatic nitrogens is 1. The average molecular weight is 301 g/mol. The molecule has 0 aliphatic carbocycles. The Bertz CT molecular complexity index is 823. The van der Waals surface area contributed by atoms with E-state index in [1.807, 2.05) is 32.0 Å². The summed E-state index contributed by atoms with van der Waals surface area (Å²) in [6.07, 6.45) is 1.40. The van der Waals surface area contributed by atoms with Gasteiger partial charge >= 0.3 is 0 Å². The van der Waals surface area contributed by atoms with E-state index in [4.69, 9.17) is 5.26 Å². The normalized spacial score (nSPS) is 11.0. The lowest BCUT2D eigenvalue weighted by Gasteiger charge is -2.22. The first-order chi connectivity index (χ1) is 9.87. The van der Waals surface area contributed by atoms with Crippen molar-refractivity contribution in [1.82, 2.24) is 4.98 Å². The Morgan fingerprint density at radius 2 is 1.95 bits per heavy atom. The minimum absolute atomic E-state index is 0.0880. The summed E-state index contributed by atoms with van der Waals surface area (Å²) in [5.41, 5.74) is 2.38. The molecular weight excluding hydrogens is 286 g/mol. The van der Waals surface area contributed by atoms with Gasteiger partial charge in [-0.05, 0) is 37.6 Å². The van der Waals surface area contributed by atoms with Crippen LogP contribution in [-0.2, 0) is 10.0 Å². The van der Waals surface area contributed by atoms with E-state index in [2.05, 4.69) is 4.98 Å². The number of hydrogen-bond donors (Lipinski definition) is 0. The van der Waals surface area contributed by atoms with Crippen LogP contribution in [0.3, 0.4) is 0 Å². The van der Waals surface area contributed by atoms with Crippen molar-refractivity contribution in [3.8, 4) is 6.07 Å². The lowest BCUT2D eigenvalue weighted by molar-refractivity contribution is 0.593. The number of benzene rings is 1. The Labute approximate surface area is 124 Å². The van der Waals surface area contributed by atoms with Crippen LogP contribution >= 0.6 is 0 Å². The van der Waals surface area contributed by atoms with E-state index in [1.165, 1.54) is 29.7 Å². The van der Waals surface area contributed by atoms with Gasteiger partial charge in [-0.25, -0.2) is 13.4 Å². The number of aryl methyl sites for hydroxylation is 2. The van der Waals surface area contributed by atoms with Crippen LogP contribution in [0.4, 0.5) is 5.69 Å². The van der Waals surface area contributed by atoms with E-state index >= 15 is 0 Å². The number of hydrogen-bond acceptors (Lipinski definition) is 4. The molecule has 108 valence electrons. The largest absolute Gasteiger partial charge is 0.269 e. The van der Waals surface area contributed by atoms with Gasteiger partial charge < -0.3 is 0 Å². The molecule has 0 saturated heterocycles. The second kappa shape index (κ2) is 5.54. The van der Waals surface area contributed by atoms with Crippen LogP contribution in [0.2, 0.25) is 0 Å². The van der Waals surface area contributed by atoms with Crippen molar-refractivity contribution in [2.24, 2.45) is 0 Å². The van der Waals surface area contributed by atoms with Crippen molar-refractivity contribution in [1.29, 1.82) is 5.26 Å². The Morgan fingerprint density at radius 1 is 1.24 bits per heavy atom. The van der Waals surface area contributed by atoms with E-state index in [0.29, 0.717) is 5.69 Å². The summed E-state index contributed by atoms with van der Waals surface area (Å²) in [5, 5.41) is 9.03. The SMILES string of the molecule is Cc1ccc(N(C)S(=O)(=O)c2cccnc2C#N)c(C)c1. The van der Waals surface area contributed by atoms with Crippen LogP contribution in [0, 0.1) is 25.2 Å². The molecule has 21 heavy (non-hydrogen) atoms. The minimum Gasteiger partial charge on any atom is -0.269 e. The highest BCUT2D eigenvalue weighted by Gasteiger charge is 2.25. The van der Waals surface area contributed by atoms with Gasteiger partial charge in [0.2, 0.25) is 0 Å². The molecule has 5 nitrogen and oxygen atoms in total. The fourth-order valence-electron chi connectivity index (χ4n) is 2.12. The summed E-state index contributed by atoms with van der Waals surface area (Å²) in [4.78, 5) is 3.72. The average Bonchev–Trinajstić information content (AvgIpc) is 2.46. The highest BCUT2D eigenvalue weighted by atomic mass is 32.2. The zero-order chi connectivity index (χ0) is 15.6. The molecule has 0 aliphatic heterocycles. The number of nitrogens with zero attached hydrogens (tertiary/aromatic N) is 3. The van der Waals surface area contributed by atoms with Gasteiger partial charge in [0.15, 0.2) is 5.69 Å². The summed E-state index contributed by atoms with van der Waals surface area (Å²) in [5.74, 6) is 0. The van der Waals surface area contributed by atoms with E-state index in [9.17, 15) is 8.42 Å². The maximum Gasteiger partial charge on any atom is 0.266 e. The molecule has 0 unspecified atom stereocenters. The van der Waals surface area contributed by atoms with Crippen molar-refractivity contribution in [2.45, 2.75) is 18.7 Å². The third kappa shape index (κ3) is 2.73. The first-order valence-corrected chi connectivity index (χ1v) is 7.73. The maximum absolute atomic E-state index is 12.7. The van der Waals surface area contributed by atoms with Crippen LogP contribution in [0.1, 0.15) is 16.8 Å². The number of sulfonamides is 1. The van der Waals surface area contributed by atoms with Crippen molar-refractivity contribution >= 4 is 15.7 Å². The second-order valence-electron chi connectivity index (χ2n) is 4.72. The zero-order valence-electron chi connectivity index (χ0n) is 12.0. The lowest BCUT2D eigenvalue weighted by Crippen LogP contribution is -2.28. The van der Waals surface area contributed by atoms with Gasteiger partial charge in [-0.3, -0.25) is 4.31 Å². The van der Waals surface area contributed by atoms with Crippen LogP contribution in [-0.4, -0.2) is 20.4 Å². The van der Waals surface area contributed by atoms with E-state index in [-0.39, 0.29) is 10.6 Å². The molecule has 0 bridgehead atoms. The fraction of sp³-hybridized carbons (Fsp3) is 0.200. The molecule has 2 aromatic rings. The highest BCUT2D eigenvalue weighted by Crippen LogP contribution is 2.26. The Hall–Kier alpha value is -2.39. The molecule has 1 aromatic heterocycles. The molecule has 0 aliphatic rings. The number of pyridine rings is 1. The molecule has 0 amide bonds. The standard InChI is InChI=1S/C15H15N3O2S/c1-11-6-7-14(12(2)9-11)18(3)21(19,20)15-5-4-8-17-13(15)10-16/h4-9H,1-3H3. The van der Waals surface area contributed by atoms with Gasteiger partial charge in [0, 0.05) is 13.2 Å². The van der Waals surface area contributed by atoms with Crippen molar-refractivity contribution in [3.63, 3.8) is 0 Å². The summed E-state index contributed by atoms with van der Waals surface area (Å²) in [6, 6.07) is 10.2. The van der Waals surface area contributed by atoms with Gasteiger partial charge in [-0.1, -0.05) is 17.7 Å². The van der Waals surface area contributed by atoms with Gasteiger partial charge in [-0.15, -0.1) is 0 Å². The monoisotopic (exact) mass is 301 g/mol. The lowest BCUT2D eigenvalue weighted by atomic mass is 10.1. The Balaban J connectivity index is 2.56. The van der Waals surface area contributed by atoms with E-state index in [1.54, 1.807) is 6.07 Å². The van der Waals surface area contributed by atoms with Crippen LogP contribution in [0.15, 0.2) is 41.4 Å². The molecular formula is C15H15N3O2S. The van der Waals surface area contributed by atoms with E-state index < -0.39 is 10.0 Å². The first kappa shape index (κ1) is 15.0. The van der Waals surface area contributed by atoms with Gasteiger partial charge in [0.25, 0.3) is 10.0 Å². The first-order valence-electron chi connectivity index (χ1n) is 6.29.